The van der Waals surface area contributed by atoms with E-state index in [0.29, 0.717) is 17.6 Å². The van der Waals surface area contributed by atoms with Crippen molar-refractivity contribution < 1.29 is 9.90 Å². The Morgan fingerprint density at radius 2 is 2.11 bits per heavy atom. The molecule has 2 nitrogen and oxygen atoms in total. The highest BCUT2D eigenvalue weighted by Crippen LogP contribution is 2.57. The minimum Gasteiger partial charge on any atom is -0.393 e. The second kappa shape index (κ2) is 4.19. The van der Waals surface area contributed by atoms with Crippen molar-refractivity contribution in [3.63, 3.8) is 0 Å². The topological polar surface area (TPSA) is 37.3 Å². The van der Waals surface area contributed by atoms with Crippen LogP contribution in [0.1, 0.15) is 52.4 Å². The molecule has 0 radical (unpaired) electrons. The third kappa shape index (κ3) is 1.69. The van der Waals surface area contributed by atoms with Gasteiger partial charge in [-0.2, -0.15) is 0 Å². The fourth-order valence-corrected chi connectivity index (χ4v) is 4.82. The Hall–Kier alpha value is -0.630. The van der Waals surface area contributed by atoms with Crippen LogP contribution in [-0.4, -0.2) is 17.0 Å². The molecule has 0 unspecified atom stereocenters. The molecule has 0 spiro atoms. The largest absolute Gasteiger partial charge is 0.393 e. The van der Waals surface area contributed by atoms with Gasteiger partial charge in [-0.15, -0.1) is 0 Å². The molecule has 0 aromatic rings. The molecule has 18 heavy (non-hydrogen) atoms. The minimum atomic E-state index is -0.101. The van der Waals surface area contributed by atoms with E-state index in [1.165, 1.54) is 0 Å². The summed E-state index contributed by atoms with van der Waals surface area (Å²) in [6, 6.07) is 0. The van der Waals surface area contributed by atoms with E-state index in [1.54, 1.807) is 0 Å². The van der Waals surface area contributed by atoms with Gasteiger partial charge in [0.05, 0.1) is 6.10 Å². The summed E-state index contributed by atoms with van der Waals surface area (Å²) in [5, 5.41) is 9.87. The van der Waals surface area contributed by atoms with Crippen LogP contribution in [0.3, 0.4) is 0 Å². The van der Waals surface area contributed by atoms with Gasteiger partial charge in [0.15, 0.2) is 5.78 Å². The van der Waals surface area contributed by atoms with Crippen LogP contribution in [0.4, 0.5) is 0 Å². The number of fused-ring (bicyclic) bond motifs is 3. The maximum atomic E-state index is 12.3. The van der Waals surface area contributed by atoms with Gasteiger partial charge in [0.25, 0.3) is 0 Å². The number of carbonyl (C=O) groups is 1. The van der Waals surface area contributed by atoms with E-state index in [1.807, 2.05) is 6.92 Å². The fourth-order valence-electron chi connectivity index (χ4n) is 4.82. The van der Waals surface area contributed by atoms with E-state index in [2.05, 4.69) is 13.0 Å². The highest BCUT2D eigenvalue weighted by Gasteiger charge is 2.52. The minimum absolute atomic E-state index is 0.101. The van der Waals surface area contributed by atoms with Crippen molar-refractivity contribution in [1.82, 2.24) is 0 Å². The summed E-state index contributed by atoms with van der Waals surface area (Å²) in [6.07, 6.45) is 8.28. The molecular weight excluding hydrogens is 224 g/mol. The number of aliphatic hydroxyl groups is 1. The molecule has 2 saturated carbocycles. The summed E-state index contributed by atoms with van der Waals surface area (Å²) < 4.78 is 0. The van der Waals surface area contributed by atoms with Crippen molar-refractivity contribution in [2.45, 2.75) is 58.5 Å². The van der Waals surface area contributed by atoms with Crippen molar-refractivity contribution in [3.8, 4) is 0 Å². The average Bonchev–Trinajstić information content (AvgIpc) is 2.34. The first-order valence-corrected chi connectivity index (χ1v) is 7.41. The molecule has 5 atom stereocenters. The Balaban J connectivity index is 1.91. The lowest BCUT2D eigenvalue weighted by Gasteiger charge is -2.55. The van der Waals surface area contributed by atoms with Crippen molar-refractivity contribution in [2.24, 2.45) is 23.2 Å². The molecular formula is C16H24O2. The zero-order valence-electron chi connectivity index (χ0n) is 11.5. The number of allylic oxidation sites excluding steroid dienone is 2. The molecule has 2 heteroatoms. The number of carbonyl (C=O) groups excluding carboxylic acids is 1. The predicted octanol–water partition coefficient (Wildman–Crippen LogP) is 3.10. The second-order valence-electron chi connectivity index (χ2n) is 6.91. The summed E-state index contributed by atoms with van der Waals surface area (Å²) >= 11 is 0. The van der Waals surface area contributed by atoms with E-state index >= 15 is 0 Å². The lowest BCUT2D eigenvalue weighted by molar-refractivity contribution is -0.132. The van der Waals surface area contributed by atoms with E-state index < -0.39 is 0 Å². The molecule has 3 aliphatic rings. The number of rotatable bonds is 0. The molecule has 0 amide bonds. The monoisotopic (exact) mass is 248 g/mol. The summed E-state index contributed by atoms with van der Waals surface area (Å²) in [5.74, 6) is 1.82. The van der Waals surface area contributed by atoms with Gasteiger partial charge in [-0.25, -0.2) is 0 Å². The van der Waals surface area contributed by atoms with Crippen molar-refractivity contribution in [3.05, 3.63) is 11.6 Å². The number of hydrogen-bond acceptors (Lipinski definition) is 2. The first kappa shape index (κ1) is 12.4. The van der Waals surface area contributed by atoms with Gasteiger partial charge in [0, 0.05) is 5.92 Å². The Morgan fingerprint density at radius 1 is 1.33 bits per heavy atom. The number of Topliss-reactive ketones (excluding diaryl/α,β-unsaturated/α-hetero) is 1. The standard InChI is InChI=1S/C16H24O2/c1-10-3-6-14-13(15(10)18)5-4-11-9-12(17)7-8-16(11,14)2/h3,11-14,17H,4-9H2,1-2H3/t11-,12-,13+,14+,16-/m0/s1. The van der Waals surface area contributed by atoms with E-state index in [0.717, 1.165) is 44.1 Å². The zero-order valence-corrected chi connectivity index (χ0v) is 11.5. The molecule has 0 aromatic heterocycles. The fraction of sp³-hybridized carbons (Fsp3) is 0.812. The maximum absolute atomic E-state index is 12.3. The van der Waals surface area contributed by atoms with Gasteiger partial charge in [0.2, 0.25) is 0 Å². The predicted molar refractivity (Wildman–Crippen MR) is 71.0 cm³/mol. The molecule has 3 rings (SSSR count). The number of hydrogen-bond donors (Lipinski definition) is 1. The van der Waals surface area contributed by atoms with Crippen LogP contribution in [0, 0.1) is 23.2 Å². The van der Waals surface area contributed by atoms with Gasteiger partial charge >= 0.3 is 0 Å². The van der Waals surface area contributed by atoms with Gasteiger partial charge in [-0.05, 0) is 68.3 Å². The molecule has 3 aliphatic carbocycles. The molecule has 100 valence electrons. The third-order valence-electron chi connectivity index (χ3n) is 6.07. The quantitative estimate of drug-likeness (QED) is 0.715. The van der Waals surface area contributed by atoms with Crippen LogP contribution in [0.5, 0.6) is 0 Å². The summed E-state index contributed by atoms with van der Waals surface area (Å²) in [4.78, 5) is 12.3. The average molecular weight is 248 g/mol. The van der Waals surface area contributed by atoms with Gasteiger partial charge in [-0.3, -0.25) is 4.79 Å². The van der Waals surface area contributed by atoms with Crippen molar-refractivity contribution in [2.75, 3.05) is 0 Å². The first-order valence-electron chi connectivity index (χ1n) is 7.41. The third-order valence-corrected chi connectivity index (χ3v) is 6.07. The lowest BCUT2D eigenvalue weighted by Crippen LogP contribution is -2.50. The smallest absolute Gasteiger partial charge is 0.161 e. The van der Waals surface area contributed by atoms with Gasteiger partial charge < -0.3 is 5.11 Å². The molecule has 1 N–H and O–H groups in total. The molecule has 0 saturated heterocycles. The maximum Gasteiger partial charge on any atom is 0.161 e. The summed E-state index contributed by atoms with van der Waals surface area (Å²) in [6.45, 7) is 4.35. The van der Waals surface area contributed by atoms with E-state index in [9.17, 15) is 9.90 Å². The van der Waals surface area contributed by atoms with Crippen molar-refractivity contribution >= 4 is 5.78 Å². The number of aliphatic hydroxyl groups excluding tert-OH is 1. The van der Waals surface area contributed by atoms with Gasteiger partial charge in [0.1, 0.15) is 0 Å². The van der Waals surface area contributed by atoms with Crippen LogP contribution in [0.2, 0.25) is 0 Å². The summed E-state index contributed by atoms with van der Waals surface area (Å²) in [5.41, 5.74) is 1.27. The molecule has 2 fully saturated rings. The van der Waals surface area contributed by atoms with Crippen LogP contribution in [-0.2, 0) is 4.79 Å². The Kier molecular flexibility index (Phi) is 2.89. The first-order chi connectivity index (χ1) is 8.52. The second-order valence-corrected chi connectivity index (χ2v) is 6.91. The lowest BCUT2D eigenvalue weighted by atomic mass is 9.50. The zero-order chi connectivity index (χ0) is 12.9. The normalized spacial score (nSPS) is 48.2. The van der Waals surface area contributed by atoms with Crippen molar-refractivity contribution in [1.29, 1.82) is 0 Å². The van der Waals surface area contributed by atoms with Crippen LogP contribution < -0.4 is 0 Å². The number of ketones is 1. The Bertz CT molecular complexity index is 398. The highest BCUT2D eigenvalue weighted by atomic mass is 16.3. The molecule has 0 heterocycles. The molecule has 0 aromatic carbocycles. The van der Waals surface area contributed by atoms with Gasteiger partial charge in [-0.1, -0.05) is 13.0 Å². The summed E-state index contributed by atoms with van der Waals surface area (Å²) in [7, 11) is 0. The molecule has 0 aliphatic heterocycles. The van der Waals surface area contributed by atoms with E-state index in [4.69, 9.17) is 0 Å². The Labute approximate surface area is 109 Å². The van der Waals surface area contributed by atoms with Crippen LogP contribution >= 0.6 is 0 Å². The van der Waals surface area contributed by atoms with Crippen LogP contribution in [0.25, 0.3) is 0 Å². The van der Waals surface area contributed by atoms with E-state index in [-0.39, 0.29) is 17.4 Å². The molecule has 0 bridgehead atoms. The van der Waals surface area contributed by atoms with Crippen LogP contribution in [0.15, 0.2) is 11.6 Å². The Morgan fingerprint density at radius 3 is 2.89 bits per heavy atom. The SMILES string of the molecule is CC1=CC[C@@H]2[C@@H](CC[C@H]3C[C@@H](O)CC[C@@]32C)C1=O. The highest BCUT2D eigenvalue weighted by molar-refractivity contribution is 5.97.